The Balaban J connectivity index is 2.01. The molecule has 1 aliphatic heterocycles. The van der Waals surface area contributed by atoms with Crippen LogP contribution < -0.4 is 4.43 Å². The van der Waals surface area contributed by atoms with Gasteiger partial charge in [-0.3, -0.25) is 9.59 Å². The molecule has 144 valence electrons. The van der Waals surface area contributed by atoms with Crippen LogP contribution in [0, 0.1) is 0 Å². The third-order valence-corrected chi connectivity index (χ3v) is 9.73. The molecular weight excluding hydrogens is 346 g/mol. The van der Waals surface area contributed by atoms with Crippen molar-refractivity contribution in [1.82, 2.24) is 4.90 Å². The van der Waals surface area contributed by atoms with Crippen molar-refractivity contribution in [3.8, 4) is 5.75 Å². The summed E-state index contributed by atoms with van der Waals surface area (Å²) in [5.41, 5.74) is 1.10. The lowest BCUT2D eigenvalue weighted by Crippen LogP contribution is -2.43. The minimum atomic E-state index is -1.86. The predicted octanol–water partition coefficient (Wildman–Crippen LogP) is 3.95. The fourth-order valence-electron chi connectivity index (χ4n) is 2.77. The van der Waals surface area contributed by atoms with Gasteiger partial charge in [-0.05, 0) is 42.8 Å². The Morgan fingerprint density at radius 1 is 1.23 bits per heavy atom. The first-order chi connectivity index (χ1) is 12.0. The molecule has 0 aliphatic carbocycles. The van der Waals surface area contributed by atoms with E-state index < -0.39 is 8.32 Å². The highest BCUT2D eigenvalue weighted by atomic mass is 28.4. The quantitative estimate of drug-likeness (QED) is 0.556. The van der Waals surface area contributed by atoms with Gasteiger partial charge in [-0.15, -0.1) is 0 Å². The van der Waals surface area contributed by atoms with Crippen LogP contribution in [0.4, 0.5) is 0 Å². The Morgan fingerprint density at radius 2 is 1.85 bits per heavy atom. The second-order valence-electron chi connectivity index (χ2n) is 8.41. The van der Waals surface area contributed by atoms with Crippen LogP contribution in [-0.2, 0) is 14.3 Å². The van der Waals surface area contributed by atoms with E-state index in [-0.39, 0.29) is 29.4 Å². The van der Waals surface area contributed by atoms with Crippen LogP contribution in [0.3, 0.4) is 0 Å². The number of hydrogen-bond donors (Lipinski definition) is 0. The van der Waals surface area contributed by atoms with E-state index in [0.717, 1.165) is 11.3 Å². The molecule has 1 aliphatic rings. The van der Waals surface area contributed by atoms with Gasteiger partial charge in [0, 0.05) is 18.9 Å². The van der Waals surface area contributed by atoms with Gasteiger partial charge in [0.15, 0.2) is 0 Å². The number of esters is 1. The highest BCUT2D eigenvalue weighted by Crippen LogP contribution is 2.38. The normalized spacial score (nSPS) is 18.2. The maximum Gasteiger partial charge on any atom is 0.325 e. The van der Waals surface area contributed by atoms with Crippen molar-refractivity contribution in [2.45, 2.75) is 58.2 Å². The number of amides is 1. The second-order valence-corrected chi connectivity index (χ2v) is 13.1. The van der Waals surface area contributed by atoms with Gasteiger partial charge in [0.05, 0.1) is 6.61 Å². The van der Waals surface area contributed by atoms with Crippen LogP contribution in [0.25, 0.3) is 0 Å². The zero-order chi connectivity index (χ0) is 19.5. The first kappa shape index (κ1) is 20.5. The van der Waals surface area contributed by atoms with Gasteiger partial charge >= 0.3 is 5.97 Å². The Morgan fingerprint density at radius 3 is 2.38 bits per heavy atom. The van der Waals surface area contributed by atoms with E-state index in [1.54, 1.807) is 11.8 Å². The van der Waals surface area contributed by atoms with E-state index in [4.69, 9.17) is 9.16 Å². The molecule has 0 N–H and O–H groups in total. The average Bonchev–Trinajstić information content (AvgIpc) is 2.87. The first-order valence-corrected chi connectivity index (χ1v) is 12.2. The fourth-order valence-corrected chi connectivity index (χ4v) is 3.80. The van der Waals surface area contributed by atoms with E-state index >= 15 is 0 Å². The van der Waals surface area contributed by atoms with Gasteiger partial charge in [0.2, 0.25) is 14.2 Å². The summed E-state index contributed by atoms with van der Waals surface area (Å²) in [5, 5.41) is 0.150. The maximum absolute atomic E-state index is 12.2. The van der Waals surface area contributed by atoms with Gasteiger partial charge in [-0.2, -0.15) is 0 Å². The van der Waals surface area contributed by atoms with E-state index in [0.29, 0.717) is 19.6 Å². The van der Waals surface area contributed by atoms with Gasteiger partial charge in [0.25, 0.3) is 0 Å². The Labute approximate surface area is 157 Å². The number of ether oxygens (including phenoxy) is 1. The summed E-state index contributed by atoms with van der Waals surface area (Å²) in [5.74, 6) is 0.649. The highest BCUT2D eigenvalue weighted by molar-refractivity contribution is 6.74. The third kappa shape index (κ3) is 4.87. The molecule has 0 aromatic heterocycles. The lowest BCUT2D eigenvalue weighted by Gasteiger charge is -2.36. The number of carbonyl (C=O) groups excluding carboxylic acids is 2. The molecular formula is C20H31NO4Si. The number of benzene rings is 1. The monoisotopic (exact) mass is 377 g/mol. The second kappa shape index (κ2) is 7.82. The van der Waals surface area contributed by atoms with Crippen LogP contribution in [-0.4, -0.2) is 44.8 Å². The largest absolute Gasteiger partial charge is 0.544 e. The molecule has 1 aromatic rings. The topological polar surface area (TPSA) is 55.8 Å². The predicted molar refractivity (Wildman–Crippen MR) is 105 cm³/mol. The lowest BCUT2D eigenvalue weighted by molar-refractivity contribution is -0.147. The molecule has 1 heterocycles. The molecule has 1 fully saturated rings. The summed E-state index contributed by atoms with van der Waals surface area (Å²) in [6.45, 7) is 13.8. The number of hydrogen-bond acceptors (Lipinski definition) is 4. The first-order valence-electron chi connectivity index (χ1n) is 9.26. The molecule has 1 amide bonds. The molecule has 1 atom stereocenters. The summed E-state index contributed by atoms with van der Waals surface area (Å²) in [4.78, 5) is 25.4. The highest BCUT2D eigenvalue weighted by Gasteiger charge is 2.39. The van der Waals surface area contributed by atoms with Crippen LogP contribution >= 0.6 is 0 Å². The Hall–Kier alpha value is -1.82. The van der Waals surface area contributed by atoms with E-state index in [9.17, 15) is 9.59 Å². The number of likely N-dealkylation sites (tertiary alicyclic amines) is 1. The minimum absolute atomic E-state index is 0.00431. The smallest absolute Gasteiger partial charge is 0.325 e. The van der Waals surface area contributed by atoms with E-state index in [1.165, 1.54) is 0 Å². The average molecular weight is 378 g/mol. The van der Waals surface area contributed by atoms with Crippen LogP contribution in [0.1, 0.15) is 45.6 Å². The van der Waals surface area contributed by atoms with Crippen molar-refractivity contribution in [2.24, 2.45) is 0 Å². The van der Waals surface area contributed by atoms with Crippen molar-refractivity contribution in [3.63, 3.8) is 0 Å². The van der Waals surface area contributed by atoms with Crippen LogP contribution in [0.15, 0.2) is 24.3 Å². The van der Waals surface area contributed by atoms with Crippen molar-refractivity contribution in [2.75, 3.05) is 19.7 Å². The van der Waals surface area contributed by atoms with Crippen molar-refractivity contribution < 1.29 is 18.8 Å². The molecule has 1 unspecified atom stereocenters. The SMILES string of the molecule is CCOC(=O)CN1CC(c2ccc(O[Si](C)(C)C(C)(C)C)cc2)CC1=O. The molecule has 0 bridgehead atoms. The Kier molecular flexibility index (Phi) is 6.16. The summed E-state index contributed by atoms with van der Waals surface area (Å²) >= 11 is 0. The molecule has 6 heteroatoms. The molecule has 1 saturated heterocycles. The Bertz CT molecular complexity index is 649. The van der Waals surface area contributed by atoms with Crippen molar-refractivity contribution in [1.29, 1.82) is 0 Å². The molecule has 2 rings (SSSR count). The molecule has 0 saturated carbocycles. The number of nitrogens with zero attached hydrogens (tertiary/aromatic N) is 1. The van der Waals surface area contributed by atoms with Gasteiger partial charge in [-0.1, -0.05) is 32.9 Å². The molecule has 5 nitrogen and oxygen atoms in total. The summed E-state index contributed by atoms with van der Waals surface area (Å²) in [6, 6.07) is 8.06. The lowest BCUT2D eigenvalue weighted by atomic mass is 9.98. The molecule has 0 spiro atoms. The van der Waals surface area contributed by atoms with Crippen LogP contribution in [0.5, 0.6) is 5.75 Å². The standard InChI is InChI=1S/C20H31NO4Si/c1-7-24-19(23)14-21-13-16(12-18(21)22)15-8-10-17(11-9-15)25-26(5,6)20(2,3)4/h8-11,16H,7,12-14H2,1-6H3. The minimum Gasteiger partial charge on any atom is -0.544 e. The van der Waals surface area contributed by atoms with Gasteiger partial charge in [0.1, 0.15) is 12.3 Å². The molecule has 26 heavy (non-hydrogen) atoms. The summed E-state index contributed by atoms with van der Waals surface area (Å²) < 4.78 is 11.2. The van der Waals surface area contributed by atoms with Crippen LogP contribution in [0.2, 0.25) is 18.1 Å². The number of rotatable bonds is 6. The maximum atomic E-state index is 12.2. The van der Waals surface area contributed by atoms with Crippen molar-refractivity contribution in [3.05, 3.63) is 29.8 Å². The van der Waals surface area contributed by atoms with Crippen molar-refractivity contribution >= 4 is 20.2 Å². The zero-order valence-corrected chi connectivity index (χ0v) is 17.8. The van der Waals surface area contributed by atoms with E-state index in [1.807, 2.05) is 24.3 Å². The van der Waals surface area contributed by atoms with Gasteiger partial charge < -0.3 is 14.1 Å². The third-order valence-electron chi connectivity index (χ3n) is 5.37. The van der Waals surface area contributed by atoms with Gasteiger partial charge in [-0.25, -0.2) is 0 Å². The number of carbonyl (C=O) groups is 2. The summed E-state index contributed by atoms with van der Waals surface area (Å²) in [6.07, 6.45) is 0.432. The fraction of sp³-hybridized carbons (Fsp3) is 0.600. The molecule has 1 aromatic carbocycles. The summed E-state index contributed by atoms with van der Waals surface area (Å²) in [7, 11) is -1.86. The molecule has 0 radical (unpaired) electrons. The zero-order valence-electron chi connectivity index (χ0n) is 16.8. The van der Waals surface area contributed by atoms with E-state index in [2.05, 4.69) is 33.9 Å².